The van der Waals surface area contributed by atoms with Gasteiger partial charge in [0, 0.05) is 45.5 Å². The third kappa shape index (κ3) is 9.65. The highest BCUT2D eigenvalue weighted by molar-refractivity contribution is 14.0. The normalized spacial score (nSPS) is 12.3. The fourth-order valence-corrected chi connectivity index (χ4v) is 2.16. The topological polar surface area (TPSA) is 48.9 Å². The van der Waals surface area contributed by atoms with Gasteiger partial charge in [0.1, 0.15) is 0 Å². The van der Waals surface area contributed by atoms with Crippen molar-refractivity contribution >= 4 is 35.6 Å². The molecule has 0 aliphatic carbocycles. The third-order valence-electron chi connectivity index (χ3n) is 3.26. The Morgan fingerprint density at radius 1 is 1.30 bits per heavy atom. The lowest BCUT2D eigenvalue weighted by Gasteiger charge is -2.19. The number of nitrogens with zero attached hydrogens (tertiary/aromatic N) is 2. The van der Waals surface area contributed by atoms with Crippen LogP contribution in [0.15, 0.2) is 35.3 Å². The highest BCUT2D eigenvalue weighted by Gasteiger charge is 2.04. The van der Waals surface area contributed by atoms with Crippen molar-refractivity contribution < 1.29 is 4.74 Å². The Kier molecular flexibility index (Phi) is 12.8. The minimum Gasteiger partial charge on any atom is -0.383 e. The first-order valence-corrected chi connectivity index (χ1v) is 7.97. The second-order valence-electron chi connectivity index (χ2n) is 5.37. The maximum atomic E-state index is 5.14. The standard InChI is InChI=1S/C17H30N4O.HI/c1-5-18-17(20-15(2)14-22-4)19-12-9-13-21(3)16-10-7-6-8-11-16;/h6-8,10-11,15H,5,9,12-14H2,1-4H3,(H2,18,19,20);1H. The first-order chi connectivity index (χ1) is 10.7. The van der Waals surface area contributed by atoms with Crippen molar-refractivity contribution in [2.75, 3.05) is 45.3 Å². The number of methoxy groups -OCH3 is 1. The summed E-state index contributed by atoms with van der Waals surface area (Å²) in [6, 6.07) is 10.7. The Balaban J connectivity index is 0.00000484. The molecule has 1 unspecified atom stereocenters. The summed E-state index contributed by atoms with van der Waals surface area (Å²) in [6.07, 6.45) is 1.01. The van der Waals surface area contributed by atoms with Crippen molar-refractivity contribution in [2.45, 2.75) is 26.3 Å². The van der Waals surface area contributed by atoms with E-state index in [1.54, 1.807) is 7.11 Å². The Morgan fingerprint density at radius 3 is 2.61 bits per heavy atom. The first kappa shape index (κ1) is 22.0. The Hall–Kier alpha value is -1.02. The smallest absolute Gasteiger partial charge is 0.191 e. The number of hydrogen-bond donors (Lipinski definition) is 2. The lowest BCUT2D eigenvalue weighted by atomic mass is 10.3. The van der Waals surface area contributed by atoms with Gasteiger partial charge in [-0.1, -0.05) is 18.2 Å². The zero-order valence-corrected chi connectivity index (χ0v) is 17.0. The van der Waals surface area contributed by atoms with E-state index < -0.39 is 0 Å². The highest BCUT2D eigenvalue weighted by Crippen LogP contribution is 2.10. The molecular weight excluding hydrogens is 403 g/mol. The van der Waals surface area contributed by atoms with Gasteiger partial charge in [-0.05, 0) is 32.4 Å². The molecule has 1 rings (SSSR count). The molecule has 5 nitrogen and oxygen atoms in total. The van der Waals surface area contributed by atoms with Crippen molar-refractivity contribution in [1.29, 1.82) is 0 Å². The summed E-state index contributed by atoms with van der Waals surface area (Å²) >= 11 is 0. The van der Waals surface area contributed by atoms with Crippen molar-refractivity contribution in [3.63, 3.8) is 0 Å². The molecule has 0 aromatic heterocycles. The lowest BCUT2D eigenvalue weighted by Crippen LogP contribution is -2.44. The van der Waals surface area contributed by atoms with E-state index in [1.165, 1.54) is 5.69 Å². The van der Waals surface area contributed by atoms with Crippen LogP contribution in [0.1, 0.15) is 20.3 Å². The zero-order valence-electron chi connectivity index (χ0n) is 14.7. The van der Waals surface area contributed by atoms with E-state index >= 15 is 0 Å². The SMILES string of the molecule is CCNC(=NCCCN(C)c1ccccc1)NC(C)COC.I. The van der Waals surface area contributed by atoms with E-state index in [2.05, 4.69) is 65.7 Å². The van der Waals surface area contributed by atoms with Crippen LogP contribution in [0.4, 0.5) is 5.69 Å². The molecule has 2 N–H and O–H groups in total. The number of rotatable bonds is 9. The average molecular weight is 434 g/mol. The number of ether oxygens (including phenoxy) is 1. The number of hydrogen-bond acceptors (Lipinski definition) is 3. The second kappa shape index (κ2) is 13.4. The maximum absolute atomic E-state index is 5.14. The summed E-state index contributed by atoms with van der Waals surface area (Å²) in [5, 5.41) is 6.60. The van der Waals surface area contributed by atoms with Gasteiger partial charge in [0.15, 0.2) is 5.96 Å². The van der Waals surface area contributed by atoms with Gasteiger partial charge in [-0.2, -0.15) is 0 Å². The second-order valence-corrected chi connectivity index (χ2v) is 5.37. The summed E-state index contributed by atoms with van der Waals surface area (Å²) < 4.78 is 5.14. The van der Waals surface area contributed by atoms with Crippen LogP contribution in [0.3, 0.4) is 0 Å². The van der Waals surface area contributed by atoms with E-state index in [0.29, 0.717) is 6.61 Å². The van der Waals surface area contributed by atoms with Gasteiger partial charge >= 0.3 is 0 Å². The van der Waals surface area contributed by atoms with Gasteiger partial charge in [-0.15, -0.1) is 24.0 Å². The summed E-state index contributed by atoms with van der Waals surface area (Å²) in [4.78, 5) is 6.87. The largest absolute Gasteiger partial charge is 0.383 e. The molecule has 0 saturated carbocycles. The molecule has 1 aromatic rings. The number of guanidine groups is 1. The van der Waals surface area contributed by atoms with Crippen molar-refractivity contribution in [1.82, 2.24) is 10.6 Å². The van der Waals surface area contributed by atoms with Crippen LogP contribution in [0.2, 0.25) is 0 Å². The summed E-state index contributed by atoms with van der Waals surface area (Å²) in [7, 11) is 3.82. The molecule has 0 radical (unpaired) electrons. The minimum atomic E-state index is 0. The van der Waals surface area contributed by atoms with Gasteiger partial charge in [0.05, 0.1) is 6.61 Å². The molecule has 0 amide bonds. The van der Waals surface area contributed by atoms with Crippen LogP contribution in [-0.4, -0.2) is 52.4 Å². The summed E-state index contributed by atoms with van der Waals surface area (Å²) in [5.41, 5.74) is 1.24. The highest BCUT2D eigenvalue weighted by atomic mass is 127. The molecule has 1 atom stereocenters. The first-order valence-electron chi connectivity index (χ1n) is 7.97. The van der Waals surface area contributed by atoms with Crippen LogP contribution < -0.4 is 15.5 Å². The molecule has 0 fully saturated rings. The van der Waals surface area contributed by atoms with Gasteiger partial charge in [0.2, 0.25) is 0 Å². The zero-order chi connectivity index (χ0) is 16.2. The molecule has 0 bridgehead atoms. The van der Waals surface area contributed by atoms with E-state index in [-0.39, 0.29) is 30.0 Å². The predicted octanol–water partition coefficient (Wildman–Crippen LogP) is 2.72. The van der Waals surface area contributed by atoms with Crippen LogP contribution in [0.25, 0.3) is 0 Å². The average Bonchev–Trinajstić information content (AvgIpc) is 2.52. The molecule has 1 aromatic carbocycles. The van der Waals surface area contributed by atoms with Crippen LogP contribution >= 0.6 is 24.0 Å². The summed E-state index contributed by atoms with van der Waals surface area (Å²) in [6.45, 7) is 7.46. The van der Waals surface area contributed by atoms with Crippen LogP contribution in [0.5, 0.6) is 0 Å². The fraction of sp³-hybridized carbons (Fsp3) is 0.588. The number of anilines is 1. The van der Waals surface area contributed by atoms with Gasteiger partial charge in [-0.25, -0.2) is 0 Å². The number of aliphatic imine (C=N–C) groups is 1. The number of para-hydroxylation sites is 1. The molecule has 132 valence electrons. The minimum absolute atomic E-state index is 0. The van der Waals surface area contributed by atoms with Gasteiger partial charge in [-0.3, -0.25) is 4.99 Å². The van der Waals surface area contributed by atoms with Gasteiger partial charge in [0.25, 0.3) is 0 Å². The Labute approximate surface area is 157 Å². The quantitative estimate of drug-likeness (QED) is 0.272. The molecule has 23 heavy (non-hydrogen) atoms. The van der Waals surface area contributed by atoms with Gasteiger partial charge < -0.3 is 20.3 Å². The van der Waals surface area contributed by atoms with Crippen molar-refractivity contribution in [2.24, 2.45) is 4.99 Å². The monoisotopic (exact) mass is 434 g/mol. The molecule has 0 heterocycles. The van der Waals surface area contributed by atoms with E-state index in [1.807, 2.05) is 6.07 Å². The summed E-state index contributed by atoms with van der Waals surface area (Å²) in [5.74, 6) is 0.856. The van der Waals surface area contributed by atoms with Crippen LogP contribution in [-0.2, 0) is 4.74 Å². The van der Waals surface area contributed by atoms with Crippen molar-refractivity contribution in [3.05, 3.63) is 30.3 Å². The van der Waals surface area contributed by atoms with E-state index in [9.17, 15) is 0 Å². The number of nitrogens with one attached hydrogen (secondary N) is 2. The van der Waals surface area contributed by atoms with E-state index in [4.69, 9.17) is 4.74 Å². The molecule has 6 heteroatoms. The fourth-order valence-electron chi connectivity index (χ4n) is 2.16. The third-order valence-corrected chi connectivity index (χ3v) is 3.26. The van der Waals surface area contributed by atoms with E-state index in [0.717, 1.165) is 32.0 Å². The molecule has 0 aliphatic heterocycles. The lowest BCUT2D eigenvalue weighted by molar-refractivity contribution is 0.179. The Morgan fingerprint density at radius 2 is 2.00 bits per heavy atom. The molecule has 0 saturated heterocycles. The molecular formula is C17H31IN4O. The number of benzene rings is 1. The maximum Gasteiger partial charge on any atom is 0.191 e. The predicted molar refractivity (Wildman–Crippen MR) is 110 cm³/mol. The molecule has 0 aliphatic rings. The molecule has 0 spiro atoms. The van der Waals surface area contributed by atoms with Crippen LogP contribution in [0, 0.1) is 0 Å². The van der Waals surface area contributed by atoms with Crippen molar-refractivity contribution in [3.8, 4) is 0 Å². The Bertz CT molecular complexity index is 428. The number of halogens is 1.